The first-order valence-electron chi connectivity index (χ1n) is 7.53. The lowest BCUT2D eigenvalue weighted by Crippen LogP contribution is -2.18. The number of anilines is 1. The van der Waals surface area contributed by atoms with E-state index >= 15 is 0 Å². The fourth-order valence-electron chi connectivity index (χ4n) is 2.51. The number of hydrogen-bond acceptors (Lipinski definition) is 2. The monoisotopic (exact) mass is 317 g/mol. The predicted octanol–water partition coefficient (Wildman–Crippen LogP) is 4.73. The van der Waals surface area contributed by atoms with E-state index in [0.29, 0.717) is 10.6 Å². The number of para-hydroxylation sites is 1. The molecule has 0 heterocycles. The zero-order chi connectivity index (χ0) is 16.3. The minimum atomic E-state index is -3.61. The molecule has 0 saturated carbocycles. The van der Waals surface area contributed by atoms with Crippen molar-refractivity contribution in [2.24, 2.45) is 0 Å². The average Bonchev–Trinajstić information content (AvgIpc) is 2.46. The molecule has 4 heteroatoms. The molecule has 0 saturated heterocycles. The molecular formula is C18H23NO2S. The largest absolute Gasteiger partial charge is 0.280 e. The summed E-state index contributed by atoms with van der Waals surface area (Å²) >= 11 is 0. The molecule has 0 aliphatic rings. The van der Waals surface area contributed by atoms with Crippen LogP contribution in [0.3, 0.4) is 0 Å². The average molecular weight is 317 g/mol. The van der Waals surface area contributed by atoms with Crippen molar-refractivity contribution in [2.75, 3.05) is 4.72 Å². The maximum atomic E-state index is 12.9. The second-order valence-electron chi connectivity index (χ2n) is 6.05. The molecule has 2 rings (SSSR count). The van der Waals surface area contributed by atoms with Crippen LogP contribution >= 0.6 is 0 Å². The molecule has 118 valence electrons. The molecule has 0 fully saturated rings. The summed E-state index contributed by atoms with van der Waals surface area (Å²) in [6.45, 7) is 8.06. The van der Waals surface area contributed by atoms with Gasteiger partial charge in [0.25, 0.3) is 10.0 Å². The van der Waals surface area contributed by atoms with Gasteiger partial charge in [-0.15, -0.1) is 0 Å². The van der Waals surface area contributed by atoms with Crippen LogP contribution < -0.4 is 4.72 Å². The van der Waals surface area contributed by atoms with Crippen molar-refractivity contribution in [1.82, 2.24) is 0 Å². The first-order valence-corrected chi connectivity index (χ1v) is 9.02. The van der Waals surface area contributed by atoms with Crippen molar-refractivity contribution in [1.29, 1.82) is 0 Å². The second-order valence-corrected chi connectivity index (χ2v) is 7.67. The lowest BCUT2D eigenvalue weighted by atomic mass is 9.95. The zero-order valence-corrected chi connectivity index (χ0v) is 14.3. The first kappa shape index (κ1) is 16.6. The van der Waals surface area contributed by atoms with Gasteiger partial charge in [-0.25, -0.2) is 8.42 Å². The highest BCUT2D eigenvalue weighted by Gasteiger charge is 2.25. The topological polar surface area (TPSA) is 46.2 Å². The van der Waals surface area contributed by atoms with Gasteiger partial charge in [0.05, 0.1) is 4.90 Å². The van der Waals surface area contributed by atoms with E-state index in [9.17, 15) is 8.42 Å². The summed E-state index contributed by atoms with van der Waals surface area (Å²) < 4.78 is 28.6. The number of sulfonamides is 1. The van der Waals surface area contributed by atoms with E-state index in [1.807, 2.05) is 64.1 Å². The molecule has 0 atom stereocenters. The molecule has 1 N–H and O–H groups in total. The molecule has 22 heavy (non-hydrogen) atoms. The van der Waals surface area contributed by atoms with E-state index in [1.54, 1.807) is 12.1 Å². The summed E-state index contributed by atoms with van der Waals surface area (Å²) in [7, 11) is -3.61. The van der Waals surface area contributed by atoms with Gasteiger partial charge >= 0.3 is 0 Å². The molecule has 3 nitrogen and oxygen atoms in total. The molecule has 0 aliphatic heterocycles. The van der Waals surface area contributed by atoms with E-state index in [-0.39, 0.29) is 11.8 Å². The minimum absolute atomic E-state index is 0.140. The van der Waals surface area contributed by atoms with Crippen LogP contribution in [0.2, 0.25) is 0 Å². The van der Waals surface area contributed by atoms with Crippen molar-refractivity contribution in [3.05, 3.63) is 59.7 Å². The van der Waals surface area contributed by atoms with Crippen molar-refractivity contribution < 1.29 is 8.42 Å². The van der Waals surface area contributed by atoms with E-state index in [0.717, 1.165) is 11.1 Å². The molecule has 0 aliphatic carbocycles. The van der Waals surface area contributed by atoms with Crippen LogP contribution in [0.25, 0.3) is 0 Å². The maximum absolute atomic E-state index is 12.9. The third kappa shape index (κ3) is 3.50. The van der Waals surface area contributed by atoms with Crippen LogP contribution in [0, 0.1) is 0 Å². The molecule has 2 aromatic carbocycles. The van der Waals surface area contributed by atoms with Gasteiger partial charge in [0.2, 0.25) is 0 Å². The maximum Gasteiger partial charge on any atom is 0.262 e. The van der Waals surface area contributed by atoms with Crippen LogP contribution in [0.4, 0.5) is 5.69 Å². The molecule has 2 aromatic rings. The highest BCUT2D eigenvalue weighted by atomic mass is 32.2. The smallest absolute Gasteiger partial charge is 0.262 e. The zero-order valence-electron chi connectivity index (χ0n) is 13.5. The quantitative estimate of drug-likeness (QED) is 0.866. The lowest BCUT2D eigenvalue weighted by molar-refractivity contribution is 0.596. The summed E-state index contributed by atoms with van der Waals surface area (Å²) in [6.07, 6.45) is 0. The number of rotatable bonds is 5. The van der Waals surface area contributed by atoms with Gasteiger partial charge in [-0.2, -0.15) is 0 Å². The van der Waals surface area contributed by atoms with Gasteiger partial charge < -0.3 is 0 Å². The summed E-state index contributed by atoms with van der Waals surface area (Å²) in [5.74, 6) is 0.280. The Morgan fingerprint density at radius 3 is 1.73 bits per heavy atom. The minimum Gasteiger partial charge on any atom is -0.280 e. The summed E-state index contributed by atoms with van der Waals surface area (Å²) in [5.41, 5.74) is 2.29. The van der Waals surface area contributed by atoms with Gasteiger partial charge in [0, 0.05) is 5.69 Å². The first-order chi connectivity index (χ1) is 10.3. The Labute approximate surface area is 133 Å². The highest BCUT2D eigenvalue weighted by Crippen LogP contribution is 2.32. The molecule has 0 amide bonds. The van der Waals surface area contributed by atoms with E-state index in [1.165, 1.54) is 0 Å². The number of hydrogen-bond donors (Lipinski definition) is 1. The normalized spacial score (nSPS) is 11.9. The Balaban J connectivity index is 2.58. The summed E-state index contributed by atoms with van der Waals surface area (Å²) in [5, 5.41) is 0. The standard InChI is InChI=1S/C18H23NO2S/c1-13(2)16-11-8-12-17(14(3)4)18(16)22(20,21)19-15-9-6-5-7-10-15/h5-14,19H,1-4H3. The van der Waals surface area contributed by atoms with Gasteiger partial charge in [0.15, 0.2) is 0 Å². The SMILES string of the molecule is CC(C)c1cccc(C(C)C)c1S(=O)(=O)Nc1ccccc1. The van der Waals surface area contributed by atoms with Crippen LogP contribution in [0.5, 0.6) is 0 Å². The van der Waals surface area contributed by atoms with Gasteiger partial charge in [-0.1, -0.05) is 64.1 Å². The fraction of sp³-hybridized carbons (Fsp3) is 0.333. The number of nitrogens with one attached hydrogen (secondary N) is 1. The van der Waals surface area contributed by atoms with Crippen molar-refractivity contribution in [3.63, 3.8) is 0 Å². The Bertz CT molecular complexity index is 709. The molecule has 0 aromatic heterocycles. The Hall–Kier alpha value is -1.81. The van der Waals surface area contributed by atoms with Crippen molar-refractivity contribution in [2.45, 2.75) is 44.4 Å². The summed E-state index contributed by atoms with van der Waals surface area (Å²) in [6, 6.07) is 14.7. The third-order valence-electron chi connectivity index (χ3n) is 3.61. The van der Waals surface area contributed by atoms with Crippen LogP contribution in [-0.4, -0.2) is 8.42 Å². The molecule has 0 bridgehead atoms. The van der Waals surface area contributed by atoms with E-state index < -0.39 is 10.0 Å². The van der Waals surface area contributed by atoms with Crippen molar-refractivity contribution in [3.8, 4) is 0 Å². The second kappa shape index (κ2) is 6.53. The molecule has 0 radical (unpaired) electrons. The molecule has 0 spiro atoms. The fourth-order valence-corrected chi connectivity index (χ4v) is 4.28. The molecular weight excluding hydrogens is 294 g/mol. The van der Waals surface area contributed by atoms with Crippen LogP contribution in [-0.2, 0) is 10.0 Å². The van der Waals surface area contributed by atoms with E-state index in [2.05, 4.69) is 4.72 Å². The lowest BCUT2D eigenvalue weighted by Gasteiger charge is -2.20. The highest BCUT2D eigenvalue weighted by molar-refractivity contribution is 7.92. The number of benzene rings is 2. The Kier molecular flexibility index (Phi) is 4.91. The summed E-state index contributed by atoms with van der Waals surface area (Å²) in [4.78, 5) is 0.420. The van der Waals surface area contributed by atoms with Gasteiger partial charge in [-0.05, 0) is 35.1 Å². The van der Waals surface area contributed by atoms with Crippen LogP contribution in [0.15, 0.2) is 53.4 Å². The van der Waals surface area contributed by atoms with Gasteiger partial charge in [0.1, 0.15) is 0 Å². The Morgan fingerprint density at radius 2 is 1.27 bits per heavy atom. The third-order valence-corrected chi connectivity index (χ3v) is 5.13. The van der Waals surface area contributed by atoms with E-state index in [4.69, 9.17) is 0 Å². The van der Waals surface area contributed by atoms with Gasteiger partial charge in [-0.3, -0.25) is 4.72 Å². The van der Waals surface area contributed by atoms with Crippen LogP contribution in [0.1, 0.15) is 50.7 Å². The molecule has 0 unspecified atom stereocenters. The Morgan fingerprint density at radius 1 is 0.773 bits per heavy atom. The van der Waals surface area contributed by atoms with Crippen molar-refractivity contribution >= 4 is 15.7 Å². The predicted molar refractivity (Wildman–Crippen MR) is 91.9 cm³/mol.